The average Bonchev–Trinajstić information content (AvgIpc) is 3.25. The van der Waals surface area contributed by atoms with Crippen molar-refractivity contribution in [1.29, 1.82) is 0 Å². The summed E-state index contributed by atoms with van der Waals surface area (Å²) in [5.74, 6) is -0.0662. The number of hydrogen-bond acceptors (Lipinski definition) is 5. The maximum atomic E-state index is 12.6. The number of amides is 1. The largest absolute Gasteiger partial charge is 0.368 e. The molecule has 1 aromatic carbocycles. The average molecular weight is 415 g/mol. The highest BCUT2D eigenvalue weighted by atomic mass is 35.5. The third kappa shape index (κ3) is 4.10. The summed E-state index contributed by atoms with van der Waals surface area (Å²) in [6.45, 7) is 2.75. The van der Waals surface area contributed by atoms with Gasteiger partial charge in [-0.3, -0.25) is 14.2 Å². The molecule has 0 saturated carbocycles. The molecule has 28 heavy (non-hydrogen) atoms. The number of rotatable bonds is 4. The second-order valence-electron chi connectivity index (χ2n) is 6.56. The minimum Gasteiger partial charge on any atom is -0.368 e. The van der Waals surface area contributed by atoms with Crippen molar-refractivity contribution in [1.82, 2.24) is 14.5 Å². The number of thiophene rings is 1. The van der Waals surface area contributed by atoms with Crippen LogP contribution in [0.25, 0.3) is 10.6 Å². The molecule has 8 heteroatoms. The molecule has 6 nitrogen and oxygen atoms in total. The van der Waals surface area contributed by atoms with Crippen molar-refractivity contribution in [3.63, 3.8) is 0 Å². The minimum atomic E-state index is -0.216. The monoisotopic (exact) mass is 414 g/mol. The number of anilines is 1. The van der Waals surface area contributed by atoms with Crippen LogP contribution in [0.4, 0.5) is 5.69 Å². The lowest BCUT2D eigenvalue weighted by Gasteiger charge is -2.36. The topological polar surface area (TPSA) is 58.4 Å². The van der Waals surface area contributed by atoms with E-state index in [4.69, 9.17) is 11.6 Å². The Morgan fingerprint density at radius 1 is 1.11 bits per heavy atom. The van der Waals surface area contributed by atoms with Crippen LogP contribution in [0.1, 0.15) is 0 Å². The molecule has 3 aromatic rings. The van der Waals surface area contributed by atoms with Gasteiger partial charge in [0.15, 0.2) is 0 Å². The SMILES string of the molecule is O=C(Cn1cnc(-c2cccs2)cc1=O)N1CCN(c2ccc(Cl)cc2)CC1. The van der Waals surface area contributed by atoms with Gasteiger partial charge in [0, 0.05) is 43.0 Å². The predicted octanol–water partition coefficient (Wildman–Crippen LogP) is 2.97. The van der Waals surface area contributed by atoms with Crippen molar-refractivity contribution in [2.45, 2.75) is 6.54 Å². The van der Waals surface area contributed by atoms with E-state index in [2.05, 4.69) is 9.88 Å². The van der Waals surface area contributed by atoms with Gasteiger partial charge in [0.1, 0.15) is 6.54 Å². The first-order valence-electron chi connectivity index (χ1n) is 8.99. The van der Waals surface area contributed by atoms with Gasteiger partial charge in [-0.05, 0) is 35.7 Å². The molecule has 0 aliphatic carbocycles. The van der Waals surface area contributed by atoms with Gasteiger partial charge in [-0.15, -0.1) is 11.3 Å². The highest BCUT2D eigenvalue weighted by Crippen LogP contribution is 2.21. The molecule has 1 fully saturated rings. The third-order valence-electron chi connectivity index (χ3n) is 4.78. The van der Waals surface area contributed by atoms with Crippen molar-refractivity contribution in [2.75, 3.05) is 31.1 Å². The summed E-state index contributed by atoms with van der Waals surface area (Å²) < 4.78 is 1.37. The molecule has 1 aliphatic heterocycles. The number of hydrogen-bond donors (Lipinski definition) is 0. The number of aromatic nitrogens is 2. The van der Waals surface area contributed by atoms with E-state index in [1.807, 2.05) is 41.8 Å². The van der Waals surface area contributed by atoms with Gasteiger partial charge >= 0.3 is 0 Å². The summed E-state index contributed by atoms with van der Waals surface area (Å²) in [6, 6.07) is 13.0. The van der Waals surface area contributed by atoms with E-state index in [0.29, 0.717) is 23.8 Å². The molecule has 0 spiro atoms. The standard InChI is InChI=1S/C20H19ClN4O2S/c21-15-3-5-16(6-4-15)23-7-9-24(10-8-23)20(27)13-25-14-22-17(12-19(25)26)18-2-1-11-28-18/h1-6,11-12,14H,7-10,13H2. The zero-order valence-corrected chi connectivity index (χ0v) is 16.7. The van der Waals surface area contributed by atoms with E-state index in [0.717, 1.165) is 23.7 Å². The Hall–Kier alpha value is -2.64. The predicted molar refractivity (Wildman–Crippen MR) is 112 cm³/mol. The van der Waals surface area contributed by atoms with Gasteiger partial charge in [0.05, 0.1) is 16.9 Å². The molecule has 1 aliphatic rings. The van der Waals surface area contributed by atoms with Gasteiger partial charge in [-0.1, -0.05) is 17.7 Å². The Kier molecular flexibility index (Phi) is 5.45. The second-order valence-corrected chi connectivity index (χ2v) is 7.95. The number of benzene rings is 1. The van der Waals surface area contributed by atoms with Gasteiger partial charge in [0.25, 0.3) is 5.56 Å². The van der Waals surface area contributed by atoms with Gasteiger partial charge in [-0.2, -0.15) is 0 Å². The van der Waals surface area contributed by atoms with Crippen LogP contribution in [0, 0.1) is 0 Å². The third-order valence-corrected chi connectivity index (χ3v) is 5.93. The normalized spacial score (nSPS) is 14.3. The van der Waals surface area contributed by atoms with Crippen LogP contribution >= 0.6 is 22.9 Å². The van der Waals surface area contributed by atoms with Gasteiger partial charge in [0.2, 0.25) is 5.91 Å². The van der Waals surface area contributed by atoms with E-state index in [-0.39, 0.29) is 18.0 Å². The maximum Gasteiger partial charge on any atom is 0.254 e. The molecular weight excluding hydrogens is 396 g/mol. The molecule has 144 valence electrons. The van der Waals surface area contributed by atoms with Crippen molar-refractivity contribution in [3.8, 4) is 10.6 Å². The Morgan fingerprint density at radius 3 is 2.50 bits per heavy atom. The first-order valence-corrected chi connectivity index (χ1v) is 10.2. The molecule has 0 radical (unpaired) electrons. The highest BCUT2D eigenvalue weighted by Gasteiger charge is 2.21. The van der Waals surface area contributed by atoms with E-state index >= 15 is 0 Å². The summed E-state index contributed by atoms with van der Waals surface area (Å²) in [4.78, 5) is 34.3. The fourth-order valence-electron chi connectivity index (χ4n) is 3.22. The van der Waals surface area contributed by atoms with Crippen LogP contribution in [0.15, 0.2) is 59.0 Å². The first kappa shape index (κ1) is 18.7. The van der Waals surface area contributed by atoms with Crippen molar-refractivity contribution in [2.24, 2.45) is 0 Å². The number of carbonyl (C=O) groups excluding carboxylic acids is 1. The Morgan fingerprint density at radius 2 is 1.86 bits per heavy atom. The summed E-state index contributed by atoms with van der Waals surface area (Å²) in [5, 5.41) is 2.65. The molecular formula is C20H19ClN4O2S. The van der Waals surface area contributed by atoms with E-state index in [1.165, 1.54) is 28.3 Å². The van der Waals surface area contributed by atoms with Crippen molar-refractivity contribution >= 4 is 34.5 Å². The van der Waals surface area contributed by atoms with E-state index in [9.17, 15) is 9.59 Å². The van der Waals surface area contributed by atoms with E-state index in [1.54, 1.807) is 4.90 Å². The minimum absolute atomic E-state index is 0.0114. The van der Waals surface area contributed by atoms with Crippen LogP contribution in [-0.4, -0.2) is 46.5 Å². The molecule has 2 aromatic heterocycles. The molecule has 1 saturated heterocycles. The maximum absolute atomic E-state index is 12.6. The number of carbonyl (C=O) groups is 1. The quantitative estimate of drug-likeness (QED) is 0.658. The smallest absolute Gasteiger partial charge is 0.254 e. The zero-order chi connectivity index (χ0) is 19.5. The molecule has 0 atom stereocenters. The first-order chi connectivity index (χ1) is 13.6. The van der Waals surface area contributed by atoms with Crippen LogP contribution in [0.3, 0.4) is 0 Å². The molecule has 1 amide bonds. The Bertz CT molecular complexity index is 1010. The zero-order valence-electron chi connectivity index (χ0n) is 15.1. The Balaban J connectivity index is 1.37. The number of halogens is 1. The molecule has 0 unspecified atom stereocenters. The van der Waals surface area contributed by atoms with Crippen molar-refractivity contribution < 1.29 is 4.79 Å². The fraction of sp³-hybridized carbons (Fsp3) is 0.250. The van der Waals surface area contributed by atoms with Crippen LogP contribution in [-0.2, 0) is 11.3 Å². The van der Waals surface area contributed by atoms with Gasteiger partial charge in [-0.25, -0.2) is 4.98 Å². The highest BCUT2D eigenvalue weighted by molar-refractivity contribution is 7.13. The molecule has 4 rings (SSSR count). The lowest BCUT2D eigenvalue weighted by atomic mass is 10.2. The fourth-order valence-corrected chi connectivity index (χ4v) is 4.03. The lowest BCUT2D eigenvalue weighted by Crippen LogP contribution is -2.50. The van der Waals surface area contributed by atoms with Gasteiger partial charge < -0.3 is 9.80 Å². The summed E-state index contributed by atoms with van der Waals surface area (Å²) in [6.07, 6.45) is 1.46. The number of piperazine rings is 1. The van der Waals surface area contributed by atoms with Crippen molar-refractivity contribution in [3.05, 3.63) is 69.5 Å². The molecule has 0 N–H and O–H groups in total. The molecule has 3 heterocycles. The van der Waals surface area contributed by atoms with Crippen LogP contribution in [0.5, 0.6) is 0 Å². The lowest BCUT2D eigenvalue weighted by molar-refractivity contribution is -0.132. The molecule has 0 bridgehead atoms. The van der Waals surface area contributed by atoms with E-state index < -0.39 is 0 Å². The summed E-state index contributed by atoms with van der Waals surface area (Å²) >= 11 is 7.47. The second kappa shape index (κ2) is 8.16. The summed E-state index contributed by atoms with van der Waals surface area (Å²) in [7, 11) is 0. The van der Waals surface area contributed by atoms with Crippen LogP contribution < -0.4 is 10.5 Å². The van der Waals surface area contributed by atoms with Crippen LogP contribution in [0.2, 0.25) is 5.02 Å². The summed E-state index contributed by atoms with van der Waals surface area (Å²) in [5.41, 5.74) is 1.52. The number of nitrogens with zero attached hydrogens (tertiary/aromatic N) is 4. The Labute approximate surface area is 171 Å².